The number of hydrogen-bond acceptors (Lipinski definition) is 0. The third-order valence-corrected chi connectivity index (χ3v) is 32.7. The molecule has 0 unspecified atom stereocenters. The molecule has 0 nitrogen and oxygen atoms in total. The van der Waals surface area contributed by atoms with Crippen molar-refractivity contribution in [3.63, 3.8) is 0 Å². The van der Waals surface area contributed by atoms with Crippen molar-refractivity contribution in [1.29, 1.82) is 0 Å². The fraction of sp³-hybridized carbons (Fsp3) is 0.500. The standard InChI is InChI=1S/2C7H9.C2H7Si.2ClH.Hf/c2*1-6-4-3-5-7(6)2;1-3-2;;;/h2*4H,3H2,1-2H3;3H,1-2H3;2*1H;. The van der Waals surface area contributed by atoms with E-state index in [1.165, 1.54) is 12.8 Å². The first-order valence-corrected chi connectivity index (χ1v) is 19.7. The first kappa shape index (κ1) is 20.6. The van der Waals surface area contributed by atoms with E-state index < -0.39 is 26.6 Å². The summed E-state index contributed by atoms with van der Waals surface area (Å²) >= 11 is -1.66. The molecule has 20 heavy (non-hydrogen) atoms. The van der Waals surface area contributed by atoms with Gasteiger partial charge in [-0.2, -0.15) is 0 Å². The molecule has 0 radical (unpaired) electrons. The van der Waals surface area contributed by atoms with Gasteiger partial charge >= 0.3 is 121 Å². The fourth-order valence-electron chi connectivity index (χ4n) is 3.10. The molecule has 0 aliphatic heterocycles. The van der Waals surface area contributed by atoms with Gasteiger partial charge in [0.1, 0.15) is 0 Å². The van der Waals surface area contributed by atoms with Gasteiger partial charge in [-0.1, -0.05) is 0 Å². The number of hydrogen-bond donors (Lipinski definition) is 0. The Balaban J connectivity index is 0.00000180. The van der Waals surface area contributed by atoms with E-state index in [0.29, 0.717) is 0 Å². The molecule has 0 aromatic heterocycles. The molecule has 2 aliphatic carbocycles. The predicted molar refractivity (Wildman–Crippen MR) is 95.5 cm³/mol. The van der Waals surface area contributed by atoms with Crippen molar-refractivity contribution in [2.75, 3.05) is 0 Å². The largest absolute Gasteiger partial charge is 0.147 e. The monoisotopic (exact) mass is 497 g/mol. The number of rotatable bonds is 3. The third kappa shape index (κ3) is 3.88. The van der Waals surface area contributed by atoms with Gasteiger partial charge in [-0.15, -0.1) is 24.8 Å². The SMILES string of the molecule is CC1=CC[C]([Hf]([C]2=C(C)C(C)=CC2)[SiH](C)C)=C1C.Cl.Cl. The van der Waals surface area contributed by atoms with Crippen molar-refractivity contribution in [2.24, 2.45) is 0 Å². The molecule has 0 saturated carbocycles. The van der Waals surface area contributed by atoms with E-state index in [0.717, 1.165) is 0 Å². The van der Waals surface area contributed by atoms with Crippen LogP contribution in [0, 0.1) is 0 Å². The average molecular weight is 497 g/mol. The van der Waals surface area contributed by atoms with Gasteiger partial charge in [-0.25, -0.2) is 0 Å². The summed E-state index contributed by atoms with van der Waals surface area (Å²) in [7, 11) is 0. The summed E-state index contributed by atoms with van der Waals surface area (Å²) in [5.41, 5.74) is 6.46. The van der Waals surface area contributed by atoms with E-state index in [4.69, 9.17) is 0 Å². The van der Waals surface area contributed by atoms with Crippen LogP contribution in [0.4, 0.5) is 0 Å². The van der Waals surface area contributed by atoms with Gasteiger partial charge in [0.05, 0.1) is 0 Å². The maximum atomic E-state index is 2.60. The van der Waals surface area contributed by atoms with Gasteiger partial charge in [0, 0.05) is 0 Å². The van der Waals surface area contributed by atoms with Crippen molar-refractivity contribution < 1.29 is 20.6 Å². The second kappa shape index (κ2) is 8.31. The summed E-state index contributed by atoms with van der Waals surface area (Å²) in [6.45, 7) is 14.6. The van der Waals surface area contributed by atoms with Crippen molar-refractivity contribution in [3.8, 4) is 0 Å². The van der Waals surface area contributed by atoms with Crippen LogP contribution >= 0.6 is 24.8 Å². The molecule has 2 rings (SSSR count). The van der Waals surface area contributed by atoms with Crippen LogP contribution in [0.2, 0.25) is 13.1 Å². The molecule has 0 saturated heterocycles. The Kier molecular flexibility index (Phi) is 8.57. The quantitative estimate of drug-likeness (QED) is 0.441. The number of allylic oxidation sites excluding steroid dienone is 8. The first-order valence-electron chi connectivity index (χ1n) is 7.04. The summed E-state index contributed by atoms with van der Waals surface area (Å²) in [4.78, 5) is 0. The van der Waals surface area contributed by atoms with E-state index in [-0.39, 0.29) is 24.8 Å². The Labute approximate surface area is 145 Å². The molecule has 2 aliphatic rings. The fourth-order valence-corrected chi connectivity index (χ4v) is 32.9. The van der Waals surface area contributed by atoms with Crippen molar-refractivity contribution in [2.45, 2.75) is 53.6 Å². The van der Waals surface area contributed by atoms with Gasteiger partial charge in [0.15, 0.2) is 0 Å². The molecule has 0 amide bonds. The molecule has 113 valence electrons. The van der Waals surface area contributed by atoms with E-state index in [9.17, 15) is 0 Å². The molecule has 0 heterocycles. The summed E-state index contributed by atoms with van der Waals surface area (Å²) < 4.78 is 3.88. The molecule has 0 atom stereocenters. The maximum Gasteiger partial charge on any atom is -0.147 e. The topological polar surface area (TPSA) is 0 Å². The average Bonchev–Trinajstić information content (AvgIpc) is 2.79. The molecular formula is C16H27Cl2HfSi. The second-order valence-corrected chi connectivity index (χ2v) is 32.7. The molecule has 0 bridgehead atoms. The van der Waals surface area contributed by atoms with E-state index in [1.54, 1.807) is 22.3 Å². The molecule has 0 fully saturated rings. The van der Waals surface area contributed by atoms with Crippen LogP contribution in [0.15, 0.2) is 41.1 Å². The molecule has 0 aromatic carbocycles. The van der Waals surface area contributed by atoms with Gasteiger partial charge < -0.3 is 0 Å². The minimum absolute atomic E-state index is 0. The predicted octanol–water partition coefficient (Wildman–Crippen LogP) is 5.68. The Bertz CT molecular complexity index is 457. The van der Waals surface area contributed by atoms with E-state index >= 15 is 0 Å². The Morgan fingerprint density at radius 3 is 1.35 bits per heavy atom. The van der Waals surface area contributed by atoms with E-state index in [2.05, 4.69) is 52.9 Å². The van der Waals surface area contributed by atoms with Crippen LogP contribution in [-0.4, -0.2) is 5.98 Å². The van der Waals surface area contributed by atoms with Gasteiger partial charge in [0.25, 0.3) is 0 Å². The zero-order chi connectivity index (χ0) is 13.4. The Morgan fingerprint density at radius 1 is 0.800 bits per heavy atom. The van der Waals surface area contributed by atoms with Gasteiger partial charge in [0.2, 0.25) is 0 Å². The third-order valence-electron chi connectivity index (χ3n) is 4.54. The van der Waals surface area contributed by atoms with Gasteiger partial charge in [-0.05, 0) is 0 Å². The summed E-state index contributed by atoms with van der Waals surface area (Å²) in [6, 6.07) is 0. The minimum atomic E-state index is -1.66. The van der Waals surface area contributed by atoms with Crippen molar-refractivity contribution >= 4 is 30.8 Å². The molecule has 0 aromatic rings. The number of halogens is 2. The summed E-state index contributed by atoms with van der Waals surface area (Å²) in [6.07, 6.45) is 7.52. The van der Waals surface area contributed by atoms with Crippen LogP contribution in [0.25, 0.3) is 0 Å². The maximum absolute atomic E-state index is 2.60. The van der Waals surface area contributed by atoms with Crippen LogP contribution in [0.3, 0.4) is 0 Å². The summed E-state index contributed by atoms with van der Waals surface area (Å²) in [5, 5.41) is 0. The molecule has 0 spiro atoms. The summed E-state index contributed by atoms with van der Waals surface area (Å²) in [5.74, 6) is -0.493. The first-order chi connectivity index (χ1) is 8.43. The van der Waals surface area contributed by atoms with Crippen LogP contribution in [0.5, 0.6) is 0 Å². The molecule has 0 N–H and O–H groups in total. The smallest absolute Gasteiger partial charge is 0.147 e. The van der Waals surface area contributed by atoms with Crippen molar-refractivity contribution in [1.82, 2.24) is 0 Å². The van der Waals surface area contributed by atoms with E-state index in [1.807, 2.05) is 6.66 Å². The van der Waals surface area contributed by atoms with Crippen molar-refractivity contribution in [3.05, 3.63) is 41.1 Å². The van der Waals surface area contributed by atoms with Crippen LogP contribution in [-0.2, 0) is 20.6 Å². The zero-order valence-corrected chi connectivity index (χ0v) is 19.8. The van der Waals surface area contributed by atoms with Crippen LogP contribution < -0.4 is 0 Å². The van der Waals surface area contributed by atoms with Crippen LogP contribution in [0.1, 0.15) is 40.5 Å². The second-order valence-electron chi connectivity index (χ2n) is 5.96. The molecule has 4 heteroatoms. The normalized spacial score (nSPS) is 17.9. The minimum Gasteiger partial charge on any atom is -0.147 e. The Hall–Kier alpha value is 0.627. The molecular weight excluding hydrogens is 470 g/mol. The zero-order valence-electron chi connectivity index (χ0n) is 13.5. The van der Waals surface area contributed by atoms with Gasteiger partial charge in [-0.3, -0.25) is 0 Å². The Morgan fingerprint density at radius 2 is 1.15 bits per heavy atom.